The van der Waals surface area contributed by atoms with Crippen molar-refractivity contribution in [2.24, 2.45) is 0 Å². The molecule has 0 saturated carbocycles. The van der Waals surface area contributed by atoms with Crippen molar-refractivity contribution in [1.82, 2.24) is 14.5 Å². The molecule has 0 aliphatic heterocycles. The summed E-state index contributed by atoms with van der Waals surface area (Å²) in [5.74, 6) is -0.633. The zero-order valence-electron chi connectivity index (χ0n) is 18.1. The Bertz CT molecular complexity index is 1250. The van der Waals surface area contributed by atoms with Crippen LogP contribution >= 0.6 is 23.1 Å². The molecule has 7 nitrogen and oxygen atoms in total. The second kappa shape index (κ2) is 10.5. The van der Waals surface area contributed by atoms with Crippen LogP contribution in [-0.2, 0) is 22.6 Å². The molecular formula is C24H22N4O3S2. The highest BCUT2D eigenvalue weighted by Crippen LogP contribution is 2.22. The van der Waals surface area contributed by atoms with Gasteiger partial charge in [0, 0.05) is 16.8 Å². The Morgan fingerprint density at radius 3 is 2.61 bits per heavy atom. The lowest BCUT2D eigenvalue weighted by Crippen LogP contribution is -2.14. The largest absolute Gasteiger partial charge is 0.454 e. The van der Waals surface area contributed by atoms with Gasteiger partial charge in [-0.2, -0.15) is 0 Å². The quantitative estimate of drug-likeness (QED) is 0.286. The number of rotatable bonds is 8. The van der Waals surface area contributed by atoms with Crippen molar-refractivity contribution in [2.75, 3.05) is 11.6 Å². The van der Waals surface area contributed by atoms with Crippen LogP contribution in [-0.4, -0.2) is 32.7 Å². The molecular weight excluding hydrogens is 456 g/mol. The number of ether oxygens (including phenoxy) is 1. The number of nitrogens with zero attached hydrogens (tertiary/aromatic N) is 3. The Morgan fingerprint density at radius 2 is 1.88 bits per heavy atom. The van der Waals surface area contributed by atoms with Gasteiger partial charge in [-0.3, -0.25) is 9.36 Å². The van der Waals surface area contributed by atoms with E-state index in [0.29, 0.717) is 21.6 Å². The van der Waals surface area contributed by atoms with Gasteiger partial charge < -0.3 is 10.1 Å². The van der Waals surface area contributed by atoms with Crippen LogP contribution in [0.2, 0.25) is 0 Å². The number of amides is 1. The van der Waals surface area contributed by atoms with Gasteiger partial charge in [-0.25, -0.2) is 14.8 Å². The first-order valence-electron chi connectivity index (χ1n) is 10.2. The van der Waals surface area contributed by atoms with Crippen LogP contribution < -0.4 is 5.32 Å². The maximum absolute atomic E-state index is 12.8. The zero-order chi connectivity index (χ0) is 23.2. The maximum atomic E-state index is 12.8. The van der Waals surface area contributed by atoms with Crippen molar-refractivity contribution >= 4 is 40.7 Å². The number of esters is 1. The van der Waals surface area contributed by atoms with E-state index in [-0.39, 0.29) is 18.9 Å². The first-order chi connectivity index (χ1) is 16.0. The number of hydrogen-bond donors (Lipinski definition) is 1. The number of carbonyl (C=O) groups excluding carboxylic acids is 2. The van der Waals surface area contributed by atoms with Gasteiger partial charge in [0.15, 0.2) is 10.9 Å². The average molecular weight is 479 g/mol. The van der Waals surface area contributed by atoms with Crippen molar-refractivity contribution in [3.63, 3.8) is 0 Å². The molecule has 33 heavy (non-hydrogen) atoms. The zero-order valence-corrected chi connectivity index (χ0v) is 19.8. The van der Waals surface area contributed by atoms with Crippen LogP contribution in [0, 0.1) is 6.92 Å². The van der Waals surface area contributed by atoms with Crippen LogP contribution in [0.25, 0.3) is 5.69 Å². The van der Waals surface area contributed by atoms with E-state index in [2.05, 4.69) is 15.3 Å². The number of carbonyl (C=O) groups is 2. The molecule has 1 N–H and O–H groups in total. The standard InChI is InChI=1S/C24H22N4O3S2/c1-16-8-10-17(11-9-16)26-21(29)12-22-27-18(15-33-22)14-31-23(30)20-13-25-24(32-2)28(20)19-6-4-3-5-7-19/h3-11,13,15H,12,14H2,1-2H3,(H,26,29). The summed E-state index contributed by atoms with van der Waals surface area (Å²) in [7, 11) is 0. The number of nitrogens with one attached hydrogen (secondary N) is 1. The summed E-state index contributed by atoms with van der Waals surface area (Å²) in [5.41, 5.74) is 3.65. The number of imidazole rings is 1. The lowest BCUT2D eigenvalue weighted by molar-refractivity contribution is -0.115. The summed E-state index contributed by atoms with van der Waals surface area (Å²) in [5, 5.41) is 6.01. The molecule has 1 amide bonds. The highest BCUT2D eigenvalue weighted by molar-refractivity contribution is 7.98. The molecule has 0 fully saturated rings. The molecule has 0 saturated heterocycles. The van der Waals surface area contributed by atoms with E-state index in [1.54, 1.807) is 9.95 Å². The fourth-order valence-corrected chi connectivity index (χ4v) is 4.46. The van der Waals surface area contributed by atoms with Crippen molar-refractivity contribution in [3.8, 4) is 5.69 Å². The van der Waals surface area contributed by atoms with Gasteiger partial charge in [0.05, 0.1) is 18.3 Å². The van der Waals surface area contributed by atoms with E-state index < -0.39 is 5.97 Å². The first-order valence-corrected chi connectivity index (χ1v) is 12.3. The van der Waals surface area contributed by atoms with Crippen LogP contribution in [0.5, 0.6) is 0 Å². The van der Waals surface area contributed by atoms with E-state index in [9.17, 15) is 9.59 Å². The summed E-state index contributed by atoms with van der Waals surface area (Å²) >= 11 is 2.81. The normalized spacial score (nSPS) is 10.7. The highest BCUT2D eigenvalue weighted by atomic mass is 32.2. The topological polar surface area (TPSA) is 86.1 Å². The van der Waals surface area contributed by atoms with Gasteiger partial charge >= 0.3 is 5.97 Å². The van der Waals surface area contributed by atoms with Crippen LogP contribution in [0.15, 0.2) is 71.3 Å². The Morgan fingerprint density at radius 1 is 1.12 bits per heavy atom. The summed E-state index contributed by atoms with van der Waals surface area (Å²) in [4.78, 5) is 33.8. The van der Waals surface area contributed by atoms with E-state index >= 15 is 0 Å². The minimum Gasteiger partial charge on any atom is -0.454 e. The van der Waals surface area contributed by atoms with E-state index in [1.165, 1.54) is 29.3 Å². The number of anilines is 1. The smallest absolute Gasteiger partial charge is 0.357 e. The molecule has 9 heteroatoms. The third-order valence-electron chi connectivity index (χ3n) is 4.73. The molecule has 0 bridgehead atoms. The van der Waals surface area contributed by atoms with Crippen molar-refractivity contribution < 1.29 is 14.3 Å². The Labute approximate surface area is 199 Å². The minimum atomic E-state index is -0.488. The monoisotopic (exact) mass is 478 g/mol. The Balaban J connectivity index is 1.37. The number of thiazole rings is 1. The molecule has 2 aromatic carbocycles. The molecule has 2 heterocycles. The lowest BCUT2D eigenvalue weighted by atomic mass is 10.2. The van der Waals surface area contributed by atoms with Gasteiger partial charge in [-0.15, -0.1) is 11.3 Å². The predicted molar refractivity (Wildman–Crippen MR) is 130 cm³/mol. The molecule has 4 aromatic rings. The van der Waals surface area contributed by atoms with Gasteiger partial charge in [0.25, 0.3) is 0 Å². The fraction of sp³-hybridized carbons (Fsp3) is 0.167. The van der Waals surface area contributed by atoms with Crippen LogP contribution in [0.1, 0.15) is 26.8 Å². The van der Waals surface area contributed by atoms with E-state index in [0.717, 1.165) is 16.9 Å². The number of benzene rings is 2. The second-order valence-corrected chi connectivity index (χ2v) is 8.92. The van der Waals surface area contributed by atoms with Crippen LogP contribution in [0.4, 0.5) is 5.69 Å². The summed E-state index contributed by atoms with van der Waals surface area (Å²) in [6.07, 6.45) is 3.58. The second-order valence-electron chi connectivity index (χ2n) is 7.20. The molecule has 0 aliphatic carbocycles. The molecule has 0 aliphatic rings. The van der Waals surface area contributed by atoms with Gasteiger partial charge in [-0.05, 0) is 37.4 Å². The SMILES string of the molecule is CSc1ncc(C(=O)OCc2csc(CC(=O)Nc3ccc(C)cc3)n2)n1-c1ccccc1. The van der Waals surface area contributed by atoms with Gasteiger partial charge in [-0.1, -0.05) is 47.7 Å². The van der Waals surface area contributed by atoms with E-state index in [1.807, 2.05) is 67.8 Å². The molecule has 0 unspecified atom stereocenters. The summed E-state index contributed by atoms with van der Waals surface area (Å²) in [6, 6.07) is 17.2. The number of thioether (sulfide) groups is 1. The fourth-order valence-electron chi connectivity index (χ4n) is 3.14. The minimum absolute atomic E-state index is 0.0173. The number of hydrogen-bond acceptors (Lipinski definition) is 7. The summed E-state index contributed by atoms with van der Waals surface area (Å²) < 4.78 is 7.27. The molecule has 0 spiro atoms. The molecule has 0 atom stereocenters. The molecule has 168 valence electrons. The molecule has 2 aromatic heterocycles. The number of aryl methyl sites for hydroxylation is 1. The Hall–Kier alpha value is -3.43. The third kappa shape index (κ3) is 5.68. The van der Waals surface area contributed by atoms with Gasteiger partial charge in [0.2, 0.25) is 5.91 Å². The number of para-hydroxylation sites is 1. The predicted octanol–water partition coefficient (Wildman–Crippen LogP) is 4.90. The first kappa shape index (κ1) is 22.8. The van der Waals surface area contributed by atoms with Gasteiger partial charge in [0.1, 0.15) is 11.6 Å². The lowest BCUT2D eigenvalue weighted by Gasteiger charge is -2.10. The summed E-state index contributed by atoms with van der Waals surface area (Å²) in [6.45, 7) is 2.01. The van der Waals surface area contributed by atoms with Crippen molar-refractivity contribution in [1.29, 1.82) is 0 Å². The highest BCUT2D eigenvalue weighted by Gasteiger charge is 2.19. The molecule has 0 radical (unpaired) electrons. The number of aromatic nitrogens is 3. The third-order valence-corrected chi connectivity index (χ3v) is 6.28. The molecule has 4 rings (SSSR count). The van der Waals surface area contributed by atoms with Crippen LogP contribution in [0.3, 0.4) is 0 Å². The van der Waals surface area contributed by atoms with Crippen molar-refractivity contribution in [3.05, 3.63) is 88.1 Å². The van der Waals surface area contributed by atoms with Crippen molar-refractivity contribution in [2.45, 2.75) is 25.1 Å². The maximum Gasteiger partial charge on any atom is 0.357 e. The Kier molecular flexibility index (Phi) is 7.21. The van der Waals surface area contributed by atoms with E-state index in [4.69, 9.17) is 4.74 Å². The average Bonchev–Trinajstić information content (AvgIpc) is 3.46.